The maximum absolute atomic E-state index is 6.26. The second-order valence-corrected chi connectivity index (χ2v) is 5.68. The third kappa shape index (κ3) is 3.82. The first-order chi connectivity index (χ1) is 9.06. The van der Waals surface area contributed by atoms with Crippen molar-refractivity contribution in [3.05, 3.63) is 64.1 Å². The van der Waals surface area contributed by atoms with E-state index in [1.165, 1.54) is 0 Å². The average Bonchev–Trinajstić information content (AvgIpc) is 2.39. The van der Waals surface area contributed by atoms with E-state index < -0.39 is 0 Å². The van der Waals surface area contributed by atoms with Crippen molar-refractivity contribution < 1.29 is 4.74 Å². The van der Waals surface area contributed by atoms with Crippen molar-refractivity contribution in [1.82, 2.24) is 0 Å². The van der Waals surface area contributed by atoms with Crippen LogP contribution in [0.1, 0.15) is 31.0 Å². The van der Waals surface area contributed by atoms with Gasteiger partial charge in [0.15, 0.2) is 0 Å². The number of hydrogen-bond donors (Lipinski definition) is 1. The highest BCUT2D eigenvalue weighted by Gasteiger charge is 2.09. The summed E-state index contributed by atoms with van der Waals surface area (Å²) >= 11 is 3.43. The van der Waals surface area contributed by atoms with E-state index in [1.54, 1.807) is 0 Å². The smallest absolute Gasteiger partial charge is 0.119 e. The second-order valence-electron chi connectivity index (χ2n) is 4.76. The van der Waals surface area contributed by atoms with Crippen molar-refractivity contribution in [3.8, 4) is 5.75 Å². The second kappa shape index (κ2) is 6.22. The van der Waals surface area contributed by atoms with Crippen LogP contribution in [-0.4, -0.2) is 6.10 Å². The molecule has 3 heteroatoms. The van der Waals surface area contributed by atoms with E-state index in [1.807, 2.05) is 62.4 Å². The first-order valence-corrected chi connectivity index (χ1v) is 7.13. The molecule has 2 N–H and O–H groups in total. The van der Waals surface area contributed by atoms with Crippen LogP contribution in [0.2, 0.25) is 0 Å². The van der Waals surface area contributed by atoms with Gasteiger partial charge in [-0.05, 0) is 49.2 Å². The standard InChI is InChI=1S/C16H18BrNO/c1-11(2)19-15-9-5-13(6-10-15)16(18)12-3-7-14(17)8-4-12/h3-11,16H,18H2,1-2H3. The van der Waals surface area contributed by atoms with Crippen molar-refractivity contribution in [2.45, 2.75) is 26.0 Å². The summed E-state index contributed by atoms with van der Waals surface area (Å²) in [6.45, 7) is 4.03. The molecule has 0 saturated heterocycles. The fourth-order valence-electron chi connectivity index (χ4n) is 1.89. The van der Waals surface area contributed by atoms with Crippen molar-refractivity contribution >= 4 is 15.9 Å². The summed E-state index contributed by atoms with van der Waals surface area (Å²) < 4.78 is 6.68. The Morgan fingerprint density at radius 1 is 0.895 bits per heavy atom. The molecule has 0 radical (unpaired) electrons. The van der Waals surface area contributed by atoms with Gasteiger partial charge in [-0.2, -0.15) is 0 Å². The minimum absolute atomic E-state index is 0.110. The molecule has 100 valence electrons. The van der Waals surface area contributed by atoms with Crippen molar-refractivity contribution in [1.29, 1.82) is 0 Å². The van der Waals surface area contributed by atoms with Crippen molar-refractivity contribution in [2.24, 2.45) is 5.73 Å². The van der Waals surface area contributed by atoms with E-state index in [9.17, 15) is 0 Å². The molecule has 2 nitrogen and oxygen atoms in total. The fourth-order valence-corrected chi connectivity index (χ4v) is 2.15. The minimum atomic E-state index is -0.110. The Morgan fingerprint density at radius 2 is 1.37 bits per heavy atom. The lowest BCUT2D eigenvalue weighted by molar-refractivity contribution is 0.242. The summed E-state index contributed by atoms with van der Waals surface area (Å²) in [5.74, 6) is 0.877. The van der Waals surface area contributed by atoms with E-state index in [2.05, 4.69) is 15.9 Å². The van der Waals surface area contributed by atoms with Gasteiger partial charge in [-0.15, -0.1) is 0 Å². The summed E-state index contributed by atoms with van der Waals surface area (Å²) in [7, 11) is 0. The van der Waals surface area contributed by atoms with Crippen LogP contribution in [0.15, 0.2) is 53.0 Å². The first-order valence-electron chi connectivity index (χ1n) is 6.34. The van der Waals surface area contributed by atoms with Crippen LogP contribution in [0.5, 0.6) is 5.75 Å². The molecule has 0 amide bonds. The Bertz CT molecular complexity index is 519. The van der Waals surface area contributed by atoms with Crippen LogP contribution in [0.3, 0.4) is 0 Å². The van der Waals surface area contributed by atoms with Crippen LogP contribution in [0.4, 0.5) is 0 Å². The number of benzene rings is 2. The molecule has 1 atom stereocenters. The Morgan fingerprint density at radius 3 is 1.84 bits per heavy atom. The normalized spacial score (nSPS) is 12.5. The predicted octanol–water partition coefficient (Wildman–Crippen LogP) is 4.28. The van der Waals surface area contributed by atoms with Crippen LogP contribution < -0.4 is 10.5 Å². The molecular weight excluding hydrogens is 302 g/mol. The Balaban J connectivity index is 2.15. The van der Waals surface area contributed by atoms with E-state index in [0.717, 1.165) is 21.3 Å². The lowest BCUT2D eigenvalue weighted by Crippen LogP contribution is -2.12. The predicted molar refractivity (Wildman–Crippen MR) is 82.4 cm³/mol. The highest BCUT2D eigenvalue weighted by atomic mass is 79.9. The van der Waals surface area contributed by atoms with Crippen molar-refractivity contribution in [3.63, 3.8) is 0 Å². The molecule has 0 aliphatic carbocycles. The van der Waals surface area contributed by atoms with Crippen LogP contribution in [0.25, 0.3) is 0 Å². The summed E-state index contributed by atoms with van der Waals surface area (Å²) in [5, 5.41) is 0. The number of rotatable bonds is 4. The first kappa shape index (κ1) is 14.1. The number of halogens is 1. The molecule has 0 spiro atoms. The zero-order valence-electron chi connectivity index (χ0n) is 11.1. The van der Waals surface area contributed by atoms with Gasteiger partial charge in [0, 0.05) is 4.47 Å². The molecule has 19 heavy (non-hydrogen) atoms. The molecule has 0 aliphatic rings. The summed E-state index contributed by atoms with van der Waals surface area (Å²) in [6, 6.07) is 15.9. The van der Waals surface area contributed by atoms with E-state index in [-0.39, 0.29) is 12.1 Å². The minimum Gasteiger partial charge on any atom is -0.491 e. The maximum atomic E-state index is 6.26. The number of nitrogens with two attached hydrogens (primary N) is 1. The summed E-state index contributed by atoms with van der Waals surface area (Å²) in [6.07, 6.45) is 0.186. The van der Waals surface area contributed by atoms with Gasteiger partial charge in [-0.1, -0.05) is 40.2 Å². The van der Waals surface area contributed by atoms with Crippen LogP contribution >= 0.6 is 15.9 Å². The zero-order chi connectivity index (χ0) is 13.8. The van der Waals surface area contributed by atoms with Gasteiger partial charge in [0.25, 0.3) is 0 Å². The van der Waals surface area contributed by atoms with Crippen molar-refractivity contribution in [2.75, 3.05) is 0 Å². The molecule has 2 aromatic carbocycles. The molecule has 0 aliphatic heterocycles. The van der Waals surface area contributed by atoms with Crippen LogP contribution in [0, 0.1) is 0 Å². The Kier molecular flexibility index (Phi) is 4.61. The van der Waals surface area contributed by atoms with Gasteiger partial charge in [0.05, 0.1) is 12.1 Å². The van der Waals surface area contributed by atoms with E-state index in [4.69, 9.17) is 10.5 Å². The SMILES string of the molecule is CC(C)Oc1ccc(C(N)c2ccc(Br)cc2)cc1. The number of hydrogen-bond acceptors (Lipinski definition) is 2. The Hall–Kier alpha value is -1.32. The topological polar surface area (TPSA) is 35.2 Å². The third-order valence-corrected chi connectivity index (χ3v) is 3.37. The van der Waals surface area contributed by atoms with Gasteiger partial charge in [-0.25, -0.2) is 0 Å². The fraction of sp³-hybridized carbons (Fsp3) is 0.250. The molecule has 0 bridgehead atoms. The van der Waals surface area contributed by atoms with E-state index >= 15 is 0 Å². The monoisotopic (exact) mass is 319 g/mol. The average molecular weight is 320 g/mol. The molecule has 2 aromatic rings. The number of ether oxygens (including phenoxy) is 1. The third-order valence-electron chi connectivity index (χ3n) is 2.84. The summed E-state index contributed by atoms with van der Waals surface area (Å²) in [5.41, 5.74) is 8.44. The van der Waals surface area contributed by atoms with E-state index in [0.29, 0.717) is 0 Å². The maximum Gasteiger partial charge on any atom is 0.119 e. The van der Waals surface area contributed by atoms with Gasteiger partial charge in [0.1, 0.15) is 5.75 Å². The van der Waals surface area contributed by atoms with Gasteiger partial charge < -0.3 is 10.5 Å². The van der Waals surface area contributed by atoms with Gasteiger partial charge in [0.2, 0.25) is 0 Å². The Labute approximate surface area is 122 Å². The van der Waals surface area contributed by atoms with Crippen LogP contribution in [-0.2, 0) is 0 Å². The van der Waals surface area contributed by atoms with Gasteiger partial charge >= 0.3 is 0 Å². The summed E-state index contributed by atoms with van der Waals surface area (Å²) in [4.78, 5) is 0. The quantitative estimate of drug-likeness (QED) is 0.912. The highest BCUT2D eigenvalue weighted by molar-refractivity contribution is 9.10. The molecule has 0 aromatic heterocycles. The molecule has 0 fully saturated rings. The molecule has 0 saturated carbocycles. The molecule has 0 heterocycles. The lowest BCUT2D eigenvalue weighted by atomic mass is 10.00. The molecule has 2 rings (SSSR count). The lowest BCUT2D eigenvalue weighted by Gasteiger charge is -2.14. The molecular formula is C16H18BrNO. The zero-order valence-corrected chi connectivity index (χ0v) is 12.7. The highest BCUT2D eigenvalue weighted by Crippen LogP contribution is 2.23. The van der Waals surface area contributed by atoms with Gasteiger partial charge in [-0.3, -0.25) is 0 Å². The largest absolute Gasteiger partial charge is 0.491 e. The molecule has 1 unspecified atom stereocenters.